The highest BCUT2D eigenvalue weighted by Gasteiger charge is 2.31. The molecule has 1 aliphatic rings. The van der Waals surface area contributed by atoms with E-state index in [0.717, 1.165) is 11.8 Å². The standard InChI is InChI=1S/C12H10N2O4S2/c15-6-5-13-11(16)10(20-12(13)19)7-8-1-3-9(4-2-8)14(17)18/h1-4,7,15H,5-6H2/b10-7-. The molecule has 0 atom stereocenters. The van der Waals surface area contributed by atoms with E-state index in [1.165, 1.54) is 17.0 Å². The SMILES string of the molecule is O=C1/C(=C/c2ccc([N+](=O)[O-])cc2)SC(=S)N1CCO. The zero-order chi connectivity index (χ0) is 14.7. The van der Waals surface area contributed by atoms with E-state index in [2.05, 4.69) is 0 Å². The number of carbonyl (C=O) groups is 1. The van der Waals surface area contributed by atoms with Crippen LogP contribution in [-0.4, -0.2) is 38.3 Å². The second-order valence-corrected chi connectivity index (χ2v) is 5.58. The highest BCUT2D eigenvalue weighted by Crippen LogP contribution is 2.32. The zero-order valence-corrected chi connectivity index (χ0v) is 11.8. The molecule has 0 unspecified atom stereocenters. The van der Waals surface area contributed by atoms with Crippen molar-refractivity contribution in [3.8, 4) is 0 Å². The van der Waals surface area contributed by atoms with Gasteiger partial charge in [0.25, 0.3) is 11.6 Å². The van der Waals surface area contributed by atoms with Gasteiger partial charge in [0.15, 0.2) is 0 Å². The fourth-order valence-corrected chi connectivity index (χ4v) is 2.94. The van der Waals surface area contributed by atoms with Crippen LogP contribution in [0.1, 0.15) is 5.56 Å². The molecule has 0 radical (unpaired) electrons. The molecule has 1 aromatic carbocycles. The van der Waals surface area contributed by atoms with Crippen molar-refractivity contribution in [3.05, 3.63) is 44.8 Å². The Balaban J connectivity index is 2.21. The van der Waals surface area contributed by atoms with Crippen LogP contribution in [0.15, 0.2) is 29.2 Å². The second-order valence-electron chi connectivity index (χ2n) is 3.91. The van der Waals surface area contributed by atoms with Crippen LogP contribution in [0.3, 0.4) is 0 Å². The van der Waals surface area contributed by atoms with Crippen molar-refractivity contribution in [3.63, 3.8) is 0 Å². The minimum absolute atomic E-state index is 0.00465. The molecule has 1 saturated heterocycles. The van der Waals surface area contributed by atoms with E-state index in [-0.39, 0.29) is 24.7 Å². The fourth-order valence-electron chi connectivity index (χ4n) is 1.64. The number of aliphatic hydroxyl groups is 1. The number of nitro groups is 1. The monoisotopic (exact) mass is 310 g/mol. The highest BCUT2D eigenvalue weighted by atomic mass is 32.2. The summed E-state index contributed by atoms with van der Waals surface area (Å²) in [6.07, 6.45) is 1.63. The Kier molecular flexibility index (Phi) is 4.48. The highest BCUT2D eigenvalue weighted by molar-refractivity contribution is 8.26. The first-order valence-electron chi connectivity index (χ1n) is 5.63. The number of carbonyl (C=O) groups excluding carboxylic acids is 1. The van der Waals surface area contributed by atoms with Gasteiger partial charge in [0.1, 0.15) is 4.32 Å². The van der Waals surface area contributed by atoms with Gasteiger partial charge < -0.3 is 5.11 Å². The van der Waals surface area contributed by atoms with E-state index in [1.807, 2.05) is 0 Å². The maximum Gasteiger partial charge on any atom is 0.269 e. The van der Waals surface area contributed by atoms with Crippen LogP contribution < -0.4 is 0 Å². The van der Waals surface area contributed by atoms with Gasteiger partial charge in [-0.1, -0.05) is 24.0 Å². The predicted octanol–water partition coefficient (Wildman–Crippen LogP) is 1.79. The van der Waals surface area contributed by atoms with Gasteiger partial charge in [-0.2, -0.15) is 0 Å². The third-order valence-corrected chi connectivity index (χ3v) is 3.98. The summed E-state index contributed by atoms with van der Waals surface area (Å²) in [5.74, 6) is -0.257. The first-order valence-corrected chi connectivity index (χ1v) is 6.86. The van der Waals surface area contributed by atoms with Crippen LogP contribution in [0, 0.1) is 10.1 Å². The first-order chi connectivity index (χ1) is 9.52. The number of nitrogens with zero attached hydrogens (tertiary/aromatic N) is 2. The fraction of sp³-hybridized carbons (Fsp3) is 0.167. The number of thioether (sulfide) groups is 1. The zero-order valence-electron chi connectivity index (χ0n) is 10.2. The van der Waals surface area contributed by atoms with Crippen molar-refractivity contribution in [2.24, 2.45) is 0 Å². The number of hydrogen-bond acceptors (Lipinski definition) is 6. The summed E-state index contributed by atoms with van der Waals surface area (Å²) in [6, 6.07) is 5.88. The average Bonchev–Trinajstić information content (AvgIpc) is 2.67. The van der Waals surface area contributed by atoms with Crippen LogP contribution in [0.2, 0.25) is 0 Å². The number of amides is 1. The Morgan fingerprint density at radius 2 is 2.05 bits per heavy atom. The van der Waals surface area contributed by atoms with Gasteiger partial charge in [0.05, 0.1) is 23.0 Å². The maximum absolute atomic E-state index is 12.0. The molecule has 0 bridgehead atoms. The quantitative estimate of drug-likeness (QED) is 0.395. The van der Waals surface area contributed by atoms with E-state index in [4.69, 9.17) is 17.3 Å². The molecule has 1 fully saturated rings. The van der Waals surface area contributed by atoms with Gasteiger partial charge in [-0.05, 0) is 23.8 Å². The lowest BCUT2D eigenvalue weighted by Gasteiger charge is -2.11. The number of benzene rings is 1. The first kappa shape index (κ1) is 14.6. The van der Waals surface area contributed by atoms with Crippen molar-refractivity contribution in [1.29, 1.82) is 0 Å². The molecule has 8 heteroatoms. The Morgan fingerprint density at radius 1 is 1.40 bits per heavy atom. The molecule has 0 saturated carbocycles. The molecule has 1 N–H and O–H groups in total. The Labute approximate surface area is 124 Å². The lowest BCUT2D eigenvalue weighted by Crippen LogP contribution is -2.30. The van der Waals surface area contributed by atoms with E-state index in [1.54, 1.807) is 18.2 Å². The average molecular weight is 310 g/mol. The number of rotatable bonds is 4. The van der Waals surface area contributed by atoms with Crippen LogP contribution >= 0.6 is 24.0 Å². The van der Waals surface area contributed by atoms with Crippen LogP contribution in [-0.2, 0) is 4.79 Å². The minimum Gasteiger partial charge on any atom is -0.395 e. The summed E-state index contributed by atoms with van der Waals surface area (Å²) in [4.78, 5) is 23.9. The molecule has 1 aliphatic heterocycles. The van der Waals surface area contributed by atoms with Crippen LogP contribution in [0.4, 0.5) is 5.69 Å². The Hall–Kier alpha value is -1.77. The number of aliphatic hydroxyl groups excluding tert-OH is 1. The van der Waals surface area contributed by atoms with Crippen molar-refractivity contribution in [2.45, 2.75) is 0 Å². The summed E-state index contributed by atoms with van der Waals surface area (Å²) < 4.78 is 0.400. The molecule has 1 heterocycles. The van der Waals surface area contributed by atoms with E-state index in [9.17, 15) is 14.9 Å². The summed E-state index contributed by atoms with van der Waals surface area (Å²) in [6.45, 7) is 0.0134. The molecule has 104 valence electrons. The van der Waals surface area contributed by atoms with Gasteiger partial charge in [-0.3, -0.25) is 19.8 Å². The number of non-ortho nitro benzene ring substituents is 1. The lowest BCUT2D eigenvalue weighted by atomic mass is 10.2. The third kappa shape index (κ3) is 3.03. The lowest BCUT2D eigenvalue weighted by molar-refractivity contribution is -0.384. The normalized spacial score (nSPS) is 17.1. The largest absolute Gasteiger partial charge is 0.395 e. The number of hydrogen-bond donors (Lipinski definition) is 1. The molecule has 0 spiro atoms. The smallest absolute Gasteiger partial charge is 0.269 e. The molecule has 6 nitrogen and oxygen atoms in total. The molecule has 20 heavy (non-hydrogen) atoms. The molecular weight excluding hydrogens is 300 g/mol. The molecule has 1 aromatic rings. The summed E-state index contributed by atoms with van der Waals surface area (Å²) in [5, 5.41) is 19.4. The summed E-state index contributed by atoms with van der Waals surface area (Å²) >= 11 is 6.21. The van der Waals surface area contributed by atoms with Gasteiger partial charge in [-0.25, -0.2) is 0 Å². The summed E-state index contributed by atoms with van der Waals surface area (Å²) in [5.41, 5.74) is 0.676. The van der Waals surface area contributed by atoms with Crippen molar-refractivity contribution in [1.82, 2.24) is 4.90 Å². The van der Waals surface area contributed by atoms with Crippen LogP contribution in [0.25, 0.3) is 6.08 Å². The van der Waals surface area contributed by atoms with E-state index in [0.29, 0.717) is 14.8 Å². The molecule has 0 aliphatic carbocycles. The number of thiocarbonyl (C=S) groups is 1. The number of nitro benzene ring substituents is 1. The van der Waals surface area contributed by atoms with Crippen LogP contribution in [0.5, 0.6) is 0 Å². The molecule has 0 aromatic heterocycles. The molecule has 2 rings (SSSR count). The predicted molar refractivity (Wildman–Crippen MR) is 80.1 cm³/mol. The van der Waals surface area contributed by atoms with E-state index >= 15 is 0 Å². The van der Waals surface area contributed by atoms with Gasteiger partial charge in [0.2, 0.25) is 0 Å². The number of β-amino-alcohol motifs (C(OH)–C–C–N with tert-alkyl or cyclic N) is 1. The Morgan fingerprint density at radius 3 is 2.60 bits per heavy atom. The van der Waals surface area contributed by atoms with Gasteiger partial charge in [0, 0.05) is 12.1 Å². The molecule has 1 amide bonds. The minimum atomic E-state index is -0.482. The Bertz CT molecular complexity index is 598. The second kappa shape index (κ2) is 6.12. The van der Waals surface area contributed by atoms with Gasteiger partial charge in [-0.15, -0.1) is 0 Å². The maximum atomic E-state index is 12.0. The topological polar surface area (TPSA) is 83.7 Å². The molecular formula is C12H10N2O4S2. The summed E-state index contributed by atoms with van der Waals surface area (Å²) in [7, 11) is 0. The van der Waals surface area contributed by atoms with Crippen molar-refractivity contribution < 1.29 is 14.8 Å². The van der Waals surface area contributed by atoms with Crippen molar-refractivity contribution in [2.75, 3.05) is 13.2 Å². The van der Waals surface area contributed by atoms with Crippen molar-refractivity contribution >= 4 is 46.0 Å². The van der Waals surface area contributed by atoms with E-state index < -0.39 is 4.92 Å². The van der Waals surface area contributed by atoms with Gasteiger partial charge >= 0.3 is 0 Å². The third-order valence-electron chi connectivity index (χ3n) is 2.60.